The summed E-state index contributed by atoms with van der Waals surface area (Å²) in [7, 11) is 1.95. The lowest BCUT2D eigenvalue weighted by molar-refractivity contribution is 0.0926. The van der Waals surface area contributed by atoms with Crippen molar-refractivity contribution in [2.75, 3.05) is 13.6 Å². The summed E-state index contributed by atoms with van der Waals surface area (Å²) in [6.07, 6.45) is 1.79. The molecule has 3 aromatic rings. The zero-order chi connectivity index (χ0) is 16.4. The molecule has 1 aromatic heterocycles. The lowest BCUT2D eigenvalue weighted by atomic mass is 10.1. The Bertz CT molecular complexity index is 840. The molecule has 1 heterocycles. The first-order valence-corrected chi connectivity index (χ1v) is 7.99. The summed E-state index contributed by atoms with van der Waals surface area (Å²) < 4.78 is 0. The van der Waals surface area contributed by atoms with Crippen molar-refractivity contribution >= 4 is 28.3 Å². The van der Waals surface area contributed by atoms with Gasteiger partial charge in [0.25, 0.3) is 0 Å². The maximum atomic E-state index is 12.7. The van der Waals surface area contributed by atoms with Crippen LogP contribution in [0, 0.1) is 0 Å². The second-order valence-corrected chi connectivity index (χ2v) is 6.19. The van der Waals surface area contributed by atoms with Crippen LogP contribution in [0.2, 0.25) is 5.02 Å². The number of rotatable bonds is 5. The molecule has 0 aliphatic rings. The number of carbonyl (C=O) groups excluding carboxylic acids is 1. The van der Waals surface area contributed by atoms with Crippen LogP contribution in [-0.2, 0) is 0 Å². The Balaban J connectivity index is 1.78. The van der Waals surface area contributed by atoms with Gasteiger partial charge in [-0.05, 0) is 31.7 Å². The number of likely N-dealkylation sites (N-methyl/N-ethyl adjacent to an activating group) is 1. The van der Waals surface area contributed by atoms with Gasteiger partial charge in [0, 0.05) is 33.7 Å². The number of nitrogens with one attached hydrogen (secondary N) is 1. The van der Waals surface area contributed by atoms with E-state index >= 15 is 0 Å². The van der Waals surface area contributed by atoms with E-state index in [1.165, 1.54) is 0 Å². The van der Waals surface area contributed by atoms with Crippen LogP contribution >= 0.6 is 11.6 Å². The molecule has 118 valence electrons. The summed E-state index contributed by atoms with van der Waals surface area (Å²) in [6.45, 7) is 2.40. The molecule has 1 atom stereocenters. The number of H-pyrrole nitrogens is 1. The van der Waals surface area contributed by atoms with Gasteiger partial charge in [0.1, 0.15) is 0 Å². The monoisotopic (exact) mass is 326 g/mol. The van der Waals surface area contributed by atoms with Crippen LogP contribution in [0.5, 0.6) is 0 Å². The van der Waals surface area contributed by atoms with Gasteiger partial charge < -0.3 is 4.98 Å². The van der Waals surface area contributed by atoms with E-state index in [1.807, 2.05) is 60.5 Å². The first kappa shape index (κ1) is 15.8. The summed E-state index contributed by atoms with van der Waals surface area (Å²) >= 11 is 6.26. The standard InChI is InChI=1S/C19H19ClN2O/c1-13(14-7-3-5-9-17(14)20)22(2)12-19(23)16-11-21-18-10-6-4-8-15(16)18/h3-11,13,21H,12H2,1-2H3. The van der Waals surface area contributed by atoms with Gasteiger partial charge in [-0.15, -0.1) is 0 Å². The Morgan fingerprint density at radius 2 is 1.87 bits per heavy atom. The fraction of sp³-hybridized carbons (Fsp3) is 0.211. The van der Waals surface area contributed by atoms with Crippen molar-refractivity contribution in [2.45, 2.75) is 13.0 Å². The third kappa shape index (κ3) is 3.16. The van der Waals surface area contributed by atoms with Crippen LogP contribution in [0.25, 0.3) is 10.9 Å². The number of aromatic amines is 1. The predicted octanol–water partition coefficient (Wildman–Crippen LogP) is 4.70. The van der Waals surface area contributed by atoms with Gasteiger partial charge in [-0.3, -0.25) is 9.69 Å². The van der Waals surface area contributed by atoms with Gasteiger partial charge in [-0.2, -0.15) is 0 Å². The lowest BCUT2D eigenvalue weighted by Gasteiger charge is -2.25. The van der Waals surface area contributed by atoms with Gasteiger partial charge in [0.15, 0.2) is 5.78 Å². The van der Waals surface area contributed by atoms with E-state index in [4.69, 9.17) is 11.6 Å². The molecule has 3 nitrogen and oxygen atoms in total. The number of aromatic nitrogens is 1. The molecule has 1 unspecified atom stereocenters. The van der Waals surface area contributed by atoms with Crippen molar-refractivity contribution in [1.82, 2.24) is 9.88 Å². The number of halogens is 1. The maximum absolute atomic E-state index is 12.7. The number of ketones is 1. The zero-order valence-corrected chi connectivity index (χ0v) is 14.0. The minimum Gasteiger partial charge on any atom is -0.360 e. The Morgan fingerprint density at radius 3 is 2.65 bits per heavy atom. The highest BCUT2D eigenvalue weighted by Crippen LogP contribution is 2.26. The first-order valence-electron chi connectivity index (χ1n) is 7.62. The van der Waals surface area contributed by atoms with Crippen LogP contribution in [0.4, 0.5) is 0 Å². The Morgan fingerprint density at radius 1 is 1.17 bits per heavy atom. The minimum atomic E-state index is 0.0675. The molecule has 0 aliphatic carbocycles. The van der Waals surface area contributed by atoms with Crippen molar-refractivity contribution in [1.29, 1.82) is 0 Å². The second-order valence-electron chi connectivity index (χ2n) is 5.78. The molecule has 0 bridgehead atoms. The van der Waals surface area contributed by atoms with E-state index in [9.17, 15) is 4.79 Å². The fourth-order valence-corrected chi connectivity index (χ4v) is 3.10. The summed E-state index contributed by atoms with van der Waals surface area (Å²) in [5.41, 5.74) is 2.75. The molecule has 3 rings (SSSR count). The Hall–Kier alpha value is -2.10. The van der Waals surface area contributed by atoms with E-state index in [-0.39, 0.29) is 11.8 Å². The van der Waals surface area contributed by atoms with Crippen LogP contribution in [0.1, 0.15) is 28.9 Å². The summed E-state index contributed by atoms with van der Waals surface area (Å²) in [4.78, 5) is 17.8. The van der Waals surface area contributed by atoms with E-state index in [2.05, 4.69) is 11.9 Å². The summed E-state index contributed by atoms with van der Waals surface area (Å²) in [5, 5.41) is 1.70. The highest BCUT2D eigenvalue weighted by molar-refractivity contribution is 6.31. The third-order valence-electron chi connectivity index (χ3n) is 4.30. The molecule has 4 heteroatoms. The molecule has 0 aliphatic heterocycles. The van der Waals surface area contributed by atoms with E-state index in [0.717, 1.165) is 27.1 Å². The van der Waals surface area contributed by atoms with Crippen molar-refractivity contribution < 1.29 is 4.79 Å². The molecule has 2 aromatic carbocycles. The summed E-state index contributed by atoms with van der Waals surface area (Å²) in [5.74, 6) is 0.101. The van der Waals surface area contributed by atoms with Crippen LogP contribution in [-0.4, -0.2) is 29.3 Å². The molecule has 0 amide bonds. The molecular formula is C19H19ClN2O. The van der Waals surface area contributed by atoms with Crippen molar-refractivity contribution in [3.05, 3.63) is 70.9 Å². The van der Waals surface area contributed by atoms with Gasteiger partial charge in [0.2, 0.25) is 0 Å². The molecule has 0 saturated carbocycles. The van der Waals surface area contributed by atoms with Crippen molar-refractivity contribution in [3.8, 4) is 0 Å². The normalized spacial score (nSPS) is 12.7. The largest absolute Gasteiger partial charge is 0.360 e. The number of hydrogen-bond donors (Lipinski definition) is 1. The molecule has 0 radical (unpaired) electrons. The first-order chi connectivity index (χ1) is 11.1. The van der Waals surface area contributed by atoms with Crippen LogP contribution in [0.3, 0.4) is 0 Å². The second kappa shape index (κ2) is 6.57. The maximum Gasteiger partial charge on any atom is 0.178 e. The van der Waals surface area contributed by atoms with Crippen LogP contribution < -0.4 is 0 Å². The van der Waals surface area contributed by atoms with E-state index in [1.54, 1.807) is 6.20 Å². The molecule has 23 heavy (non-hydrogen) atoms. The Kier molecular flexibility index (Phi) is 4.51. The highest BCUT2D eigenvalue weighted by Gasteiger charge is 2.19. The smallest absolute Gasteiger partial charge is 0.178 e. The number of fused-ring (bicyclic) bond motifs is 1. The van der Waals surface area contributed by atoms with Crippen LogP contribution in [0.15, 0.2) is 54.7 Å². The third-order valence-corrected chi connectivity index (χ3v) is 4.64. The highest BCUT2D eigenvalue weighted by atomic mass is 35.5. The topological polar surface area (TPSA) is 36.1 Å². The number of hydrogen-bond acceptors (Lipinski definition) is 2. The van der Waals surface area contributed by atoms with E-state index in [0.29, 0.717) is 6.54 Å². The average molecular weight is 327 g/mol. The predicted molar refractivity (Wildman–Crippen MR) is 95.1 cm³/mol. The number of benzene rings is 2. The average Bonchev–Trinajstić information content (AvgIpc) is 2.98. The summed E-state index contributed by atoms with van der Waals surface area (Å²) in [6, 6.07) is 15.7. The van der Waals surface area contributed by atoms with Crippen molar-refractivity contribution in [3.63, 3.8) is 0 Å². The van der Waals surface area contributed by atoms with E-state index < -0.39 is 0 Å². The minimum absolute atomic E-state index is 0.0675. The molecule has 0 spiro atoms. The van der Waals surface area contributed by atoms with Crippen molar-refractivity contribution in [2.24, 2.45) is 0 Å². The molecule has 0 saturated heterocycles. The van der Waals surface area contributed by atoms with Gasteiger partial charge in [-0.25, -0.2) is 0 Å². The quantitative estimate of drug-likeness (QED) is 0.690. The number of Topliss-reactive ketones (excluding diaryl/α,β-unsaturated/α-hetero) is 1. The number of para-hydroxylation sites is 1. The van der Waals surface area contributed by atoms with Gasteiger partial charge >= 0.3 is 0 Å². The number of carbonyl (C=O) groups is 1. The zero-order valence-electron chi connectivity index (χ0n) is 13.2. The molecular weight excluding hydrogens is 308 g/mol. The Labute approximate surface area is 140 Å². The number of nitrogens with zero attached hydrogens (tertiary/aromatic N) is 1. The molecule has 1 N–H and O–H groups in total. The van der Waals surface area contributed by atoms with Gasteiger partial charge in [0.05, 0.1) is 6.54 Å². The lowest BCUT2D eigenvalue weighted by Crippen LogP contribution is -2.28. The molecule has 0 fully saturated rings. The fourth-order valence-electron chi connectivity index (χ4n) is 2.80. The SMILES string of the molecule is CC(c1ccccc1Cl)N(C)CC(=O)c1c[nH]c2ccccc12. The van der Waals surface area contributed by atoms with Gasteiger partial charge in [-0.1, -0.05) is 48.0 Å².